The second-order valence-corrected chi connectivity index (χ2v) is 2.76. The Morgan fingerprint density at radius 3 is 3.00 bits per heavy atom. The summed E-state index contributed by atoms with van der Waals surface area (Å²) in [5, 5.41) is 1.35. The first-order valence-corrected chi connectivity index (χ1v) is 3.97. The number of benzene rings is 1. The monoisotopic (exact) mass is 175 g/mol. The highest BCUT2D eigenvalue weighted by atomic mass is 16.2. The largest absolute Gasteiger partial charge is 0.288 e. The van der Waals surface area contributed by atoms with Crippen molar-refractivity contribution in [3.05, 3.63) is 24.3 Å². The highest BCUT2D eigenvalue weighted by Crippen LogP contribution is 2.26. The van der Waals surface area contributed by atoms with Gasteiger partial charge in [-0.25, -0.2) is 10.0 Å². The molecular formula is C9H9N3O. The minimum Gasteiger partial charge on any atom is -0.288 e. The first-order valence-electron chi connectivity index (χ1n) is 3.97. The highest BCUT2D eigenvalue weighted by molar-refractivity contribution is 5.91. The fourth-order valence-corrected chi connectivity index (χ4v) is 1.12. The molecule has 0 saturated heterocycles. The molecule has 1 heterocycles. The van der Waals surface area contributed by atoms with Crippen LogP contribution in [-0.4, -0.2) is 17.3 Å². The van der Waals surface area contributed by atoms with Crippen molar-refractivity contribution in [1.82, 2.24) is 5.01 Å². The van der Waals surface area contributed by atoms with E-state index in [1.54, 1.807) is 0 Å². The maximum absolute atomic E-state index is 11.0. The first kappa shape index (κ1) is 7.79. The number of hydrogen-bond acceptors (Lipinski definition) is 3. The molecule has 0 atom stereocenters. The van der Waals surface area contributed by atoms with Gasteiger partial charge in [0.25, 0.3) is 0 Å². The van der Waals surface area contributed by atoms with Crippen LogP contribution in [-0.2, 0) is 4.79 Å². The van der Waals surface area contributed by atoms with Gasteiger partial charge in [-0.15, -0.1) is 0 Å². The van der Waals surface area contributed by atoms with Crippen LogP contribution in [0, 0.1) is 0 Å². The Balaban J connectivity index is 2.34. The number of aliphatic imine (C=N–C) groups is 1. The molecule has 0 aliphatic carbocycles. The van der Waals surface area contributed by atoms with E-state index in [-0.39, 0.29) is 5.91 Å². The molecule has 1 aromatic rings. The summed E-state index contributed by atoms with van der Waals surface area (Å²) in [5.74, 6) is -0.0850. The molecule has 2 rings (SSSR count). The molecule has 4 nitrogen and oxygen atoms in total. The number of anilines is 1. The molecule has 1 N–H and O–H groups in total. The maximum Gasteiger partial charge on any atom is 0.243 e. The van der Waals surface area contributed by atoms with Gasteiger partial charge in [0.05, 0.1) is 11.4 Å². The fraction of sp³-hybridized carbons (Fsp3) is 0.111. The van der Waals surface area contributed by atoms with Gasteiger partial charge in [0.15, 0.2) is 0 Å². The standard InChI is InChI=1S/C9H9N3O/c1-7(13)12-6-10-8-4-2-3-5-9(8)11-12/h2-6,11H,1H3. The predicted octanol–water partition coefficient (Wildman–Crippen LogP) is 1.54. The Labute approximate surface area is 75.9 Å². The third kappa shape index (κ3) is 1.38. The van der Waals surface area contributed by atoms with Crippen molar-refractivity contribution < 1.29 is 4.79 Å². The summed E-state index contributed by atoms with van der Waals surface area (Å²) in [6.07, 6.45) is 1.48. The van der Waals surface area contributed by atoms with Crippen LogP contribution in [0.1, 0.15) is 6.92 Å². The van der Waals surface area contributed by atoms with E-state index in [4.69, 9.17) is 0 Å². The fourth-order valence-electron chi connectivity index (χ4n) is 1.12. The van der Waals surface area contributed by atoms with Crippen molar-refractivity contribution >= 4 is 23.6 Å². The van der Waals surface area contributed by atoms with Crippen LogP contribution >= 0.6 is 0 Å². The van der Waals surface area contributed by atoms with Gasteiger partial charge in [0.2, 0.25) is 5.91 Å². The lowest BCUT2D eigenvalue weighted by atomic mass is 10.3. The average molecular weight is 175 g/mol. The molecule has 66 valence electrons. The minimum atomic E-state index is -0.0850. The molecule has 1 aliphatic rings. The van der Waals surface area contributed by atoms with E-state index in [0.29, 0.717) is 0 Å². The predicted molar refractivity (Wildman–Crippen MR) is 50.7 cm³/mol. The topological polar surface area (TPSA) is 44.7 Å². The summed E-state index contributed by atoms with van der Waals surface area (Å²) in [6, 6.07) is 7.56. The maximum atomic E-state index is 11.0. The number of nitrogens with zero attached hydrogens (tertiary/aromatic N) is 2. The van der Waals surface area contributed by atoms with Gasteiger partial charge >= 0.3 is 0 Å². The number of fused-ring (bicyclic) bond motifs is 1. The number of carbonyl (C=O) groups is 1. The quantitative estimate of drug-likeness (QED) is 0.650. The van der Waals surface area contributed by atoms with E-state index in [2.05, 4.69) is 10.4 Å². The van der Waals surface area contributed by atoms with Crippen LogP contribution in [0.15, 0.2) is 29.3 Å². The molecule has 0 radical (unpaired) electrons. The molecule has 0 aromatic heterocycles. The number of amides is 1. The molecule has 0 spiro atoms. The van der Waals surface area contributed by atoms with E-state index < -0.39 is 0 Å². The average Bonchev–Trinajstić information content (AvgIpc) is 2.17. The van der Waals surface area contributed by atoms with E-state index in [9.17, 15) is 4.79 Å². The second-order valence-electron chi connectivity index (χ2n) is 2.76. The third-order valence-electron chi connectivity index (χ3n) is 1.80. The van der Waals surface area contributed by atoms with Gasteiger partial charge < -0.3 is 0 Å². The molecule has 4 heteroatoms. The number of para-hydroxylation sites is 2. The Morgan fingerprint density at radius 2 is 2.23 bits per heavy atom. The molecule has 0 saturated carbocycles. The molecule has 1 amide bonds. The lowest BCUT2D eigenvalue weighted by Gasteiger charge is -2.22. The summed E-state index contributed by atoms with van der Waals surface area (Å²) in [6.45, 7) is 1.48. The molecule has 0 bridgehead atoms. The smallest absolute Gasteiger partial charge is 0.243 e. The van der Waals surface area contributed by atoms with E-state index in [1.165, 1.54) is 18.3 Å². The summed E-state index contributed by atoms with van der Waals surface area (Å²) < 4.78 is 0. The lowest BCUT2D eigenvalue weighted by molar-refractivity contribution is -0.123. The van der Waals surface area contributed by atoms with Gasteiger partial charge in [-0.2, -0.15) is 0 Å². The van der Waals surface area contributed by atoms with Crippen LogP contribution in [0.25, 0.3) is 0 Å². The normalized spacial score (nSPS) is 13.5. The highest BCUT2D eigenvalue weighted by Gasteiger charge is 2.12. The van der Waals surface area contributed by atoms with Crippen molar-refractivity contribution in [1.29, 1.82) is 0 Å². The number of carbonyl (C=O) groups excluding carboxylic acids is 1. The zero-order chi connectivity index (χ0) is 9.26. The van der Waals surface area contributed by atoms with Gasteiger partial charge in [-0.05, 0) is 12.1 Å². The Bertz CT molecular complexity index is 373. The van der Waals surface area contributed by atoms with Crippen molar-refractivity contribution in [3.63, 3.8) is 0 Å². The molecule has 0 unspecified atom stereocenters. The van der Waals surface area contributed by atoms with Gasteiger partial charge in [-0.1, -0.05) is 12.1 Å². The van der Waals surface area contributed by atoms with Crippen molar-refractivity contribution in [3.8, 4) is 0 Å². The zero-order valence-electron chi connectivity index (χ0n) is 7.19. The van der Waals surface area contributed by atoms with Crippen LogP contribution in [0.2, 0.25) is 0 Å². The second kappa shape index (κ2) is 2.90. The molecule has 13 heavy (non-hydrogen) atoms. The third-order valence-corrected chi connectivity index (χ3v) is 1.80. The summed E-state index contributed by atoms with van der Waals surface area (Å²) in [4.78, 5) is 15.1. The number of hydrogen-bond donors (Lipinski definition) is 1. The van der Waals surface area contributed by atoms with E-state index >= 15 is 0 Å². The van der Waals surface area contributed by atoms with E-state index in [0.717, 1.165) is 11.4 Å². The van der Waals surface area contributed by atoms with Crippen molar-refractivity contribution in [2.45, 2.75) is 6.92 Å². The molecule has 1 aromatic carbocycles. The number of hydrazine groups is 1. The number of nitrogens with one attached hydrogen (secondary N) is 1. The van der Waals surface area contributed by atoms with Crippen LogP contribution in [0.3, 0.4) is 0 Å². The van der Waals surface area contributed by atoms with Gasteiger partial charge in [0, 0.05) is 6.92 Å². The zero-order valence-corrected chi connectivity index (χ0v) is 7.19. The molecular weight excluding hydrogens is 166 g/mol. The van der Waals surface area contributed by atoms with Crippen LogP contribution in [0.5, 0.6) is 0 Å². The summed E-state index contributed by atoms with van der Waals surface area (Å²) >= 11 is 0. The Hall–Kier alpha value is -1.84. The first-order chi connectivity index (χ1) is 6.27. The van der Waals surface area contributed by atoms with Gasteiger partial charge in [0.1, 0.15) is 6.34 Å². The SMILES string of the molecule is CC(=O)N1C=Nc2ccccc2N1. The van der Waals surface area contributed by atoms with Gasteiger partial charge in [-0.3, -0.25) is 10.2 Å². The van der Waals surface area contributed by atoms with Crippen molar-refractivity contribution in [2.24, 2.45) is 4.99 Å². The molecule has 1 aliphatic heterocycles. The lowest BCUT2D eigenvalue weighted by Crippen LogP contribution is -2.34. The van der Waals surface area contributed by atoms with Crippen molar-refractivity contribution in [2.75, 3.05) is 5.43 Å². The summed E-state index contributed by atoms with van der Waals surface area (Å²) in [5.41, 5.74) is 4.63. The minimum absolute atomic E-state index is 0.0850. The molecule has 0 fully saturated rings. The Kier molecular flexibility index (Phi) is 1.73. The van der Waals surface area contributed by atoms with Crippen LogP contribution in [0.4, 0.5) is 11.4 Å². The van der Waals surface area contributed by atoms with E-state index in [1.807, 2.05) is 24.3 Å². The number of rotatable bonds is 0. The van der Waals surface area contributed by atoms with Crippen LogP contribution < -0.4 is 5.43 Å². The summed E-state index contributed by atoms with van der Waals surface area (Å²) in [7, 11) is 0. The Morgan fingerprint density at radius 1 is 1.46 bits per heavy atom.